The molecule has 8 heavy (non-hydrogen) atoms. The summed E-state index contributed by atoms with van der Waals surface area (Å²) >= 11 is 0. The molecule has 1 atom stereocenters. The number of hydrogen-bond donors (Lipinski definition) is 0. The lowest BCUT2D eigenvalue weighted by molar-refractivity contribution is 0.295. The smallest absolute Gasteiger partial charge is 0.245 e. The second-order valence-corrected chi connectivity index (χ2v) is 4.30. The molecule has 0 N–H and O–H groups in total. The SMILES string of the molecule is O=C[SiH]1CCCCO1. The van der Waals surface area contributed by atoms with E-state index in [9.17, 15) is 4.79 Å². The summed E-state index contributed by atoms with van der Waals surface area (Å²) < 4.78 is 5.20. The van der Waals surface area contributed by atoms with Crippen LogP contribution in [0.3, 0.4) is 0 Å². The molecule has 3 heteroatoms. The monoisotopic (exact) mass is 130 g/mol. The number of rotatable bonds is 1. The van der Waals surface area contributed by atoms with Gasteiger partial charge in [-0.3, -0.25) is 0 Å². The van der Waals surface area contributed by atoms with Gasteiger partial charge in [0.25, 0.3) is 0 Å². The number of carbonyl (C=O) groups is 1. The van der Waals surface area contributed by atoms with Crippen molar-refractivity contribution in [2.75, 3.05) is 6.61 Å². The quantitative estimate of drug-likeness (QED) is 0.377. The molecule has 0 spiro atoms. The average molecular weight is 130 g/mol. The van der Waals surface area contributed by atoms with E-state index in [0.717, 1.165) is 25.0 Å². The lowest BCUT2D eigenvalue weighted by Gasteiger charge is -2.14. The first-order chi connectivity index (χ1) is 3.93. The fourth-order valence-corrected chi connectivity index (χ4v) is 2.41. The third kappa shape index (κ3) is 1.42. The van der Waals surface area contributed by atoms with Crippen molar-refractivity contribution < 1.29 is 9.22 Å². The molecule has 2 nitrogen and oxygen atoms in total. The largest absolute Gasteiger partial charge is 0.412 e. The zero-order chi connectivity index (χ0) is 5.82. The highest BCUT2D eigenvalue weighted by Gasteiger charge is 2.13. The molecular formula is C5H10O2Si. The minimum atomic E-state index is -1.29. The van der Waals surface area contributed by atoms with Gasteiger partial charge in [-0.25, -0.2) is 0 Å². The molecule has 0 aromatic heterocycles. The summed E-state index contributed by atoms with van der Waals surface area (Å²) in [5.41, 5.74) is 0. The first-order valence-corrected chi connectivity index (χ1v) is 4.96. The Morgan fingerprint density at radius 3 is 2.75 bits per heavy atom. The predicted molar refractivity (Wildman–Crippen MR) is 33.9 cm³/mol. The van der Waals surface area contributed by atoms with Crippen molar-refractivity contribution in [1.29, 1.82) is 0 Å². The lowest BCUT2D eigenvalue weighted by Crippen LogP contribution is -2.24. The van der Waals surface area contributed by atoms with Crippen LogP contribution in [0.4, 0.5) is 0 Å². The van der Waals surface area contributed by atoms with E-state index in [1.54, 1.807) is 0 Å². The van der Waals surface area contributed by atoms with Crippen molar-refractivity contribution in [3.05, 3.63) is 0 Å². The van der Waals surface area contributed by atoms with E-state index in [1.165, 1.54) is 6.42 Å². The van der Waals surface area contributed by atoms with Crippen LogP contribution in [0.25, 0.3) is 0 Å². The van der Waals surface area contributed by atoms with Gasteiger partial charge in [-0.15, -0.1) is 0 Å². The standard InChI is InChI=1S/C5H10O2Si/c6-5-8-4-2-1-3-7-8/h5,8H,1-4H2. The molecule has 0 bridgehead atoms. The minimum Gasteiger partial charge on any atom is -0.412 e. The van der Waals surface area contributed by atoms with Crippen LogP contribution in [0, 0.1) is 0 Å². The molecule has 1 aliphatic heterocycles. The Hall–Kier alpha value is -0.153. The Labute approximate surface area is 50.6 Å². The van der Waals surface area contributed by atoms with Gasteiger partial charge in [-0.05, 0) is 12.5 Å². The van der Waals surface area contributed by atoms with Crippen LogP contribution in [0.15, 0.2) is 0 Å². The van der Waals surface area contributed by atoms with Gasteiger partial charge in [-0.1, -0.05) is 6.42 Å². The highest BCUT2D eigenvalue weighted by molar-refractivity contribution is 6.79. The average Bonchev–Trinajstić information content (AvgIpc) is 1.90. The van der Waals surface area contributed by atoms with Crippen LogP contribution in [0.5, 0.6) is 0 Å². The molecule has 0 amide bonds. The molecule has 0 aliphatic carbocycles. The van der Waals surface area contributed by atoms with E-state index in [2.05, 4.69) is 0 Å². The molecule has 0 aromatic rings. The molecule has 0 radical (unpaired) electrons. The summed E-state index contributed by atoms with van der Waals surface area (Å²) in [7, 11) is -1.29. The van der Waals surface area contributed by atoms with Crippen LogP contribution in [0.2, 0.25) is 6.04 Å². The van der Waals surface area contributed by atoms with E-state index >= 15 is 0 Å². The van der Waals surface area contributed by atoms with E-state index in [1.807, 2.05) is 0 Å². The van der Waals surface area contributed by atoms with Gasteiger partial charge in [0.05, 0.1) is 0 Å². The Morgan fingerprint density at radius 1 is 1.50 bits per heavy atom. The van der Waals surface area contributed by atoms with E-state index in [-0.39, 0.29) is 0 Å². The molecule has 1 aliphatic rings. The van der Waals surface area contributed by atoms with Gasteiger partial charge in [0.2, 0.25) is 9.04 Å². The Bertz CT molecular complexity index is 78.5. The lowest BCUT2D eigenvalue weighted by atomic mass is 10.4. The molecule has 46 valence electrons. The maximum absolute atomic E-state index is 10.1. The zero-order valence-corrected chi connectivity index (χ0v) is 5.95. The van der Waals surface area contributed by atoms with Crippen molar-refractivity contribution in [3.63, 3.8) is 0 Å². The predicted octanol–water partition coefficient (Wildman–Crippen LogP) is 0.292. The zero-order valence-electron chi connectivity index (χ0n) is 4.80. The topological polar surface area (TPSA) is 26.3 Å². The van der Waals surface area contributed by atoms with Crippen LogP contribution in [-0.4, -0.2) is 21.6 Å². The Kier molecular flexibility index (Phi) is 2.23. The molecule has 0 saturated carbocycles. The van der Waals surface area contributed by atoms with Crippen molar-refractivity contribution in [2.24, 2.45) is 0 Å². The summed E-state index contributed by atoms with van der Waals surface area (Å²) in [5, 5.41) is 0. The van der Waals surface area contributed by atoms with Crippen molar-refractivity contribution in [1.82, 2.24) is 0 Å². The molecule has 1 fully saturated rings. The Balaban J connectivity index is 2.22. The first-order valence-electron chi connectivity index (χ1n) is 3.00. The fraction of sp³-hybridized carbons (Fsp3) is 0.800. The van der Waals surface area contributed by atoms with E-state index < -0.39 is 9.04 Å². The second-order valence-electron chi connectivity index (χ2n) is 2.04. The summed E-state index contributed by atoms with van der Waals surface area (Å²) in [5.74, 6) is 1.03. The van der Waals surface area contributed by atoms with Gasteiger partial charge in [0.15, 0.2) is 0 Å². The summed E-state index contributed by atoms with van der Waals surface area (Å²) in [6.45, 7) is 0.829. The molecule has 1 rings (SSSR count). The molecule has 1 saturated heterocycles. The van der Waals surface area contributed by atoms with Crippen LogP contribution in [-0.2, 0) is 9.22 Å². The number of hydrogen-bond acceptors (Lipinski definition) is 2. The van der Waals surface area contributed by atoms with Gasteiger partial charge >= 0.3 is 0 Å². The van der Waals surface area contributed by atoms with Crippen LogP contribution < -0.4 is 0 Å². The second kappa shape index (κ2) is 2.99. The highest BCUT2D eigenvalue weighted by atomic mass is 28.3. The molecule has 1 unspecified atom stereocenters. The molecular weight excluding hydrogens is 120 g/mol. The minimum absolute atomic E-state index is 0.829. The summed E-state index contributed by atoms with van der Waals surface area (Å²) in [6, 6.07) is 1.06. The molecule has 1 heterocycles. The number of carbonyl (C=O) groups excluding carboxylic acids is 1. The van der Waals surface area contributed by atoms with Crippen molar-refractivity contribution in [2.45, 2.75) is 18.9 Å². The maximum atomic E-state index is 10.1. The van der Waals surface area contributed by atoms with Crippen LogP contribution >= 0.6 is 0 Å². The highest BCUT2D eigenvalue weighted by Crippen LogP contribution is 2.07. The van der Waals surface area contributed by atoms with Gasteiger partial charge < -0.3 is 9.22 Å². The fourth-order valence-electron chi connectivity index (χ4n) is 0.873. The third-order valence-electron chi connectivity index (χ3n) is 1.37. The first kappa shape index (κ1) is 5.97. The third-order valence-corrected chi connectivity index (χ3v) is 3.31. The summed E-state index contributed by atoms with van der Waals surface area (Å²) in [6.07, 6.45) is 2.35. The van der Waals surface area contributed by atoms with Crippen LogP contribution in [0.1, 0.15) is 12.8 Å². The van der Waals surface area contributed by atoms with Crippen molar-refractivity contribution >= 4 is 14.9 Å². The van der Waals surface area contributed by atoms with Gasteiger partial charge in [-0.2, -0.15) is 0 Å². The van der Waals surface area contributed by atoms with E-state index in [4.69, 9.17) is 4.43 Å². The van der Waals surface area contributed by atoms with Crippen molar-refractivity contribution in [3.8, 4) is 0 Å². The normalized spacial score (nSPS) is 29.8. The summed E-state index contributed by atoms with van der Waals surface area (Å²) in [4.78, 5) is 10.1. The Morgan fingerprint density at radius 2 is 2.38 bits per heavy atom. The molecule has 0 aromatic carbocycles. The van der Waals surface area contributed by atoms with Gasteiger partial charge in [0, 0.05) is 6.61 Å². The van der Waals surface area contributed by atoms with Gasteiger partial charge in [0.1, 0.15) is 5.91 Å². The van der Waals surface area contributed by atoms with E-state index in [0.29, 0.717) is 0 Å². The maximum Gasteiger partial charge on any atom is 0.245 e.